The monoisotopic (exact) mass is 205 g/mol. The van der Waals surface area contributed by atoms with E-state index in [1.54, 1.807) is 18.2 Å². The molecule has 1 unspecified atom stereocenters. The second-order valence-corrected chi connectivity index (χ2v) is 3.96. The van der Waals surface area contributed by atoms with Gasteiger partial charge in [-0.15, -0.1) is 0 Å². The van der Waals surface area contributed by atoms with E-state index in [0.29, 0.717) is 6.42 Å². The maximum Gasteiger partial charge on any atom is 0.154 e. The van der Waals surface area contributed by atoms with Gasteiger partial charge >= 0.3 is 0 Å². The van der Waals surface area contributed by atoms with Crippen molar-refractivity contribution < 1.29 is 9.90 Å². The maximum absolute atomic E-state index is 11.8. The van der Waals surface area contributed by atoms with Crippen molar-refractivity contribution in [3.05, 3.63) is 29.8 Å². The molecule has 1 aromatic carbocycles. The molecule has 0 amide bonds. The van der Waals surface area contributed by atoms with Gasteiger partial charge in [0.2, 0.25) is 0 Å². The highest BCUT2D eigenvalue weighted by atomic mass is 16.3. The molecular formula is C12H15NO2. The lowest BCUT2D eigenvalue weighted by Crippen LogP contribution is -2.31. The number of rotatable bonds is 3. The van der Waals surface area contributed by atoms with Crippen LogP contribution >= 0.6 is 0 Å². The van der Waals surface area contributed by atoms with Gasteiger partial charge in [-0.25, -0.2) is 0 Å². The van der Waals surface area contributed by atoms with Gasteiger partial charge in [0.25, 0.3) is 0 Å². The minimum Gasteiger partial charge on any atom is -0.508 e. The Hall–Kier alpha value is -1.35. The molecular weight excluding hydrogens is 190 g/mol. The Labute approximate surface area is 89.1 Å². The number of carbonyl (C=O) groups is 1. The fourth-order valence-electron chi connectivity index (χ4n) is 1.95. The van der Waals surface area contributed by atoms with Gasteiger partial charge in [-0.05, 0) is 37.1 Å². The first-order valence-electron chi connectivity index (χ1n) is 5.30. The van der Waals surface area contributed by atoms with E-state index in [9.17, 15) is 9.90 Å². The maximum atomic E-state index is 11.8. The van der Waals surface area contributed by atoms with Crippen LogP contribution in [0.5, 0.6) is 5.75 Å². The molecule has 0 spiro atoms. The van der Waals surface area contributed by atoms with Gasteiger partial charge in [0.1, 0.15) is 5.75 Å². The van der Waals surface area contributed by atoms with Crippen LogP contribution in [-0.2, 0) is 11.2 Å². The highest BCUT2D eigenvalue weighted by Crippen LogP contribution is 2.14. The van der Waals surface area contributed by atoms with E-state index in [1.165, 1.54) is 0 Å². The van der Waals surface area contributed by atoms with E-state index in [1.807, 2.05) is 6.07 Å². The van der Waals surface area contributed by atoms with Crippen LogP contribution in [0.3, 0.4) is 0 Å². The van der Waals surface area contributed by atoms with Crippen molar-refractivity contribution in [3.63, 3.8) is 0 Å². The Morgan fingerprint density at radius 1 is 1.53 bits per heavy atom. The zero-order valence-corrected chi connectivity index (χ0v) is 8.57. The van der Waals surface area contributed by atoms with Crippen molar-refractivity contribution in [1.29, 1.82) is 0 Å². The predicted molar refractivity (Wildman–Crippen MR) is 57.8 cm³/mol. The molecule has 0 aromatic heterocycles. The third-order valence-corrected chi connectivity index (χ3v) is 2.74. The number of phenolic OH excluding ortho intramolecular Hbond substituents is 1. The minimum absolute atomic E-state index is 0.0207. The summed E-state index contributed by atoms with van der Waals surface area (Å²) in [5, 5.41) is 12.4. The normalized spacial score (nSPS) is 20.4. The van der Waals surface area contributed by atoms with Crippen LogP contribution < -0.4 is 5.32 Å². The average molecular weight is 205 g/mol. The summed E-state index contributed by atoms with van der Waals surface area (Å²) < 4.78 is 0. The molecule has 1 aliphatic rings. The van der Waals surface area contributed by atoms with Gasteiger partial charge < -0.3 is 10.4 Å². The highest BCUT2D eigenvalue weighted by Gasteiger charge is 2.21. The van der Waals surface area contributed by atoms with E-state index < -0.39 is 0 Å². The zero-order valence-electron chi connectivity index (χ0n) is 8.57. The van der Waals surface area contributed by atoms with E-state index in [4.69, 9.17) is 0 Å². The number of Topliss-reactive ketones (excluding diaryl/α,β-unsaturated/α-hetero) is 1. The second kappa shape index (κ2) is 4.45. The SMILES string of the molecule is O=C(Cc1cccc(O)c1)C1CCCN1. The molecule has 0 bridgehead atoms. The van der Waals surface area contributed by atoms with Gasteiger partial charge in [0.05, 0.1) is 6.04 Å². The largest absolute Gasteiger partial charge is 0.508 e. The van der Waals surface area contributed by atoms with Crippen LogP contribution in [0.1, 0.15) is 18.4 Å². The topological polar surface area (TPSA) is 49.3 Å². The van der Waals surface area contributed by atoms with Gasteiger partial charge in [-0.1, -0.05) is 12.1 Å². The Morgan fingerprint density at radius 3 is 3.07 bits per heavy atom. The molecule has 0 radical (unpaired) electrons. The van der Waals surface area contributed by atoms with Gasteiger partial charge in [0.15, 0.2) is 5.78 Å². The molecule has 0 saturated carbocycles. The number of aromatic hydroxyl groups is 1. The Morgan fingerprint density at radius 2 is 2.40 bits per heavy atom. The summed E-state index contributed by atoms with van der Waals surface area (Å²) in [5.41, 5.74) is 0.883. The minimum atomic E-state index is 0.0207. The number of hydrogen-bond donors (Lipinski definition) is 2. The summed E-state index contributed by atoms with van der Waals surface area (Å²) in [5.74, 6) is 0.442. The summed E-state index contributed by atoms with van der Waals surface area (Å²) in [4.78, 5) is 11.8. The number of phenols is 1. The molecule has 1 aliphatic heterocycles. The molecule has 80 valence electrons. The van der Waals surface area contributed by atoms with Crippen LogP contribution in [0.25, 0.3) is 0 Å². The van der Waals surface area contributed by atoms with Crippen molar-refractivity contribution in [2.24, 2.45) is 0 Å². The molecule has 1 heterocycles. The van der Waals surface area contributed by atoms with Crippen LogP contribution in [0, 0.1) is 0 Å². The molecule has 1 atom stereocenters. The predicted octanol–water partition coefficient (Wildman–Crippen LogP) is 1.26. The number of hydrogen-bond acceptors (Lipinski definition) is 3. The molecule has 3 heteroatoms. The van der Waals surface area contributed by atoms with Crippen LogP contribution in [0.15, 0.2) is 24.3 Å². The van der Waals surface area contributed by atoms with Crippen molar-refractivity contribution in [3.8, 4) is 5.75 Å². The Balaban J connectivity index is 1.99. The van der Waals surface area contributed by atoms with Crippen molar-refractivity contribution >= 4 is 5.78 Å². The van der Waals surface area contributed by atoms with Crippen LogP contribution in [0.2, 0.25) is 0 Å². The fraction of sp³-hybridized carbons (Fsp3) is 0.417. The van der Waals surface area contributed by atoms with E-state index in [-0.39, 0.29) is 17.6 Å². The lowest BCUT2D eigenvalue weighted by molar-refractivity contribution is -0.120. The van der Waals surface area contributed by atoms with Crippen molar-refractivity contribution in [2.75, 3.05) is 6.54 Å². The quantitative estimate of drug-likeness (QED) is 0.781. The van der Waals surface area contributed by atoms with Gasteiger partial charge in [-0.3, -0.25) is 4.79 Å². The molecule has 1 aromatic rings. The molecule has 15 heavy (non-hydrogen) atoms. The van der Waals surface area contributed by atoms with E-state index in [0.717, 1.165) is 24.9 Å². The summed E-state index contributed by atoms with van der Waals surface area (Å²) >= 11 is 0. The fourth-order valence-corrected chi connectivity index (χ4v) is 1.95. The van der Waals surface area contributed by atoms with Gasteiger partial charge in [-0.2, -0.15) is 0 Å². The average Bonchev–Trinajstić information content (AvgIpc) is 2.70. The summed E-state index contributed by atoms with van der Waals surface area (Å²) in [6, 6.07) is 6.91. The van der Waals surface area contributed by atoms with Gasteiger partial charge in [0, 0.05) is 6.42 Å². The van der Waals surface area contributed by atoms with Crippen molar-refractivity contribution in [1.82, 2.24) is 5.32 Å². The number of nitrogens with one attached hydrogen (secondary N) is 1. The molecule has 1 saturated heterocycles. The molecule has 1 fully saturated rings. The first-order chi connectivity index (χ1) is 7.25. The third kappa shape index (κ3) is 2.57. The van der Waals surface area contributed by atoms with E-state index in [2.05, 4.69) is 5.32 Å². The molecule has 0 aliphatic carbocycles. The summed E-state index contributed by atoms with van der Waals surface area (Å²) in [7, 11) is 0. The molecule has 2 rings (SSSR count). The number of carbonyl (C=O) groups excluding carboxylic acids is 1. The number of benzene rings is 1. The van der Waals surface area contributed by atoms with Crippen LogP contribution in [-0.4, -0.2) is 23.5 Å². The second-order valence-electron chi connectivity index (χ2n) is 3.96. The summed E-state index contributed by atoms with van der Waals surface area (Å²) in [6.45, 7) is 0.941. The highest BCUT2D eigenvalue weighted by molar-refractivity contribution is 5.86. The molecule has 2 N–H and O–H groups in total. The Kier molecular flexibility index (Phi) is 3.02. The first-order valence-corrected chi connectivity index (χ1v) is 5.30. The standard InChI is InChI=1S/C12H15NO2/c14-10-4-1-3-9(7-10)8-12(15)11-5-2-6-13-11/h1,3-4,7,11,13-14H,2,5-6,8H2. The van der Waals surface area contributed by atoms with Crippen molar-refractivity contribution in [2.45, 2.75) is 25.3 Å². The third-order valence-electron chi connectivity index (χ3n) is 2.74. The summed E-state index contributed by atoms with van der Waals surface area (Å²) in [6.07, 6.45) is 2.43. The smallest absolute Gasteiger partial charge is 0.154 e. The Bertz CT molecular complexity index is 356. The first kappa shape index (κ1) is 10.2. The van der Waals surface area contributed by atoms with E-state index >= 15 is 0 Å². The van der Waals surface area contributed by atoms with Crippen LogP contribution in [0.4, 0.5) is 0 Å². The lowest BCUT2D eigenvalue weighted by atomic mass is 10.0. The zero-order chi connectivity index (χ0) is 10.7. The lowest BCUT2D eigenvalue weighted by Gasteiger charge is -2.08. The number of ketones is 1. The molecule has 3 nitrogen and oxygen atoms in total.